The van der Waals surface area contributed by atoms with Gasteiger partial charge in [-0.3, -0.25) is 4.79 Å². The Morgan fingerprint density at radius 3 is 2.19 bits per heavy atom. The van der Waals surface area contributed by atoms with Gasteiger partial charge in [-0.1, -0.05) is 38.1 Å². The Hall–Kier alpha value is -1.15. The lowest BCUT2D eigenvalue weighted by Gasteiger charge is -2.07. The first kappa shape index (κ1) is 12.9. The zero-order valence-electron chi connectivity index (χ0n) is 10.4. The minimum atomic E-state index is -0.0668. The van der Waals surface area contributed by atoms with Crippen LogP contribution in [0.5, 0.6) is 0 Å². The van der Waals surface area contributed by atoms with Crippen LogP contribution in [0.15, 0.2) is 24.3 Å². The molecule has 0 radical (unpaired) electrons. The second-order valence-corrected chi connectivity index (χ2v) is 4.90. The molecule has 0 bridgehead atoms. The van der Waals surface area contributed by atoms with Gasteiger partial charge in [0.25, 0.3) is 0 Å². The summed E-state index contributed by atoms with van der Waals surface area (Å²) in [5.41, 5.74) is 7.66. The highest BCUT2D eigenvalue weighted by Gasteiger charge is 2.08. The molecule has 1 atom stereocenters. The van der Waals surface area contributed by atoms with E-state index in [0.29, 0.717) is 12.3 Å². The van der Waals surface area contributed by atoms with E-state index < -0.39 is 0 Å². The largest absolute Gasteiger partial charge is 0.328 e. The zero-order chi connectivity index (χ0) is 12.1. The number of ketones is 1. The van der Waals surface area contributed by atoms with Crippen molar-refractivity contribution in [1.82, 2.24) is 0 Å². The summed E-state index contributed by atoms with van der Waals surface area (Å²) in [6.07, 6.45) is 1.48. The molecular weight excluding hydrogens is 198 g/mol. The molecule has 0 saturated carbocycles. The number of hydrogen-bond acceptors (Lipinski definition) is 2. The van der Waals surface area contributed by atoms with Crippen LogP contribution in [-0.4, -0.2) is 11.8 Å². The third-order valence-corrected chi connectivity index (χ3v) is 2.43. The fourth-order valence-electron chi connectivity index (χ4n) is 1.71. The lowest BCUT2D eigenvalue weighted by Crippen LogP contribution is -2.19. The van der Waals surface area contributed by atoms with Crippen LogP contribution in [0.2, 0.25) is 0 Å². The molecule has 1 rings (SSSR count). The van der Waals surface area contributed by atoms with Crippen LogP contribution in [0.4, 0.5) is 0 Å². The third-order valence-electron chi connectivity index (χ3n) is 2.43. The monoisotopic (exact) mass is 219 g/mol. The van der Waals surface area contributed by atoms with Crippen molar-refractivity contribution in [3.05, 3.63) is 35.4 Å². The summed E-state index contributed by atoms with van der Waals surface area (Å²) in [5, 5.41) is 0. The highest BCUT2D eigenvalue weighted by molar-refractivity contribution is 5.96. The number of benzene rings is 1. The smallest absolute Gasteiger partial charge is 0.164 e. The Morgan fingerprint density at radius 1 is 1.19 bits per heavy atom. The van der Waals surface area contributed by atoms with Gasteiger partial charge in [-0.05, 0) is 24.8 Å². The van der Waals surface area contributed by atoms with Gasteiger partial charge in [0.15, 0.2) is 5.78 Å². The minimum absolute atomic E-state index is 0.0668. The van der Waals surface area contributed by atoms with Crippen molar-refractivity contribution in [3.8, 4) is 0 Å². The van der Waals surface area contributed by atoms with Crippen LogP contribution in [0.1, 0.15) is 43.1 Å². The molecule has 2 nitrogen and oxygen atoms in total. The van der Waals surface area contributed by atoms with Gasteiger partial charge in [-0.15, -0.1) is 0 Å². The molecule has 0 heterocycles. The predicted octanol–water partition coefficient (Wildman–Crippen LogP) is 2.81. The maximum Gasteiger partial charge on any atom is 0.164 e. The normalized spacial score (nSPS) is 12.8. The molecule has 88 valence electrons. The van der Waals surface area contributed by atoms with E-state index in [1.165, 1.54) is 5.56 Å². The van der Waals surface area contributed by atoms with Gasteiger partial charge in [0, 0.05) is 18.0 Å². The summed E-state index contributed by atoms with van der Waals surface area (Å²) >= 11 is 0. The maximum absolute atomic E-state index is 11.7. The SMILES string of the molecule is CC(C)Cc1ccc(C(=O)CC(C)N)cc1. The average molecular weight is 219 g/mol. The van der Waals surface area contributed by atoms with Gasteiger partial charge in [0.2, 0.25) is 0 Å². The van der Waals surface area contributed by atoms with Gasteiger partial charge in [0.05, 0.1) is 0 Å². The van der Waals surface area contributed by atoms with Gasteiger partial charge >= 0.3 is 0 Å². The van der Waals surface area contributed by atoms with Gasteiger partial charge < -0.3 is 5.73 Å². The summed E-state index contributed by atoms with van der Waals surface area (Å²) in [7, 11) is 0. The highest BCUT2D eigenvalue weighted by Crippen LogP contribution is 2.11. The molecule has 0 saturated heterocycles. The first-order chi connectivity index (χ1) is 7.49. The van der Waals surface area contributed by atoms with Crippen molar-refractivity contribution in [2.24, 2.45) is 11.7 Å². The second-order valence-electron chi connectivity index (χ2n) is 4.90. The van der Waals surface area contributed by atoms with Crippen molar-refractivity contribution >= 4 is 5.78 Å². The van der Waals surface area contributed by atoms with Crippen LogP contribution in [0.3, 0.4) is 0 Å². The maximum atomic E-state index is 11.7. The lowest BCUT2D eigenvalue weighted by atomic mass is 9.99. The van der Waals surface area contributed by atoms with E-state index in [0.717, 1.165) is 12.0 Å². The molecule has 1 aromatic carbocycles. The van der Waals surface area contributed by atoms with E-state index >= 15 is 0 Å². The molecule has 1 aromatic rings. The zero-order valence-corrected chi connectivity index (χ0v) is 10.4. The molecule has 2 heteroatoms. The van der Waals surface area contributed by atoms with Crippen LogP contribution < -0.4 is 5.73 Å². The molecule has 0 aliphatic heterocycles. The fraction of sp³-hybridized carbons (Fsp3) is 0.500. The fourth-order valence-corrected chi connectivity index (χ4v) is 1.71. The molecule has 0 aliphatic carbocycles. The molecule has 16 heavy (non-hydrogen) atoms. The Morgan fingerprint density at radius 2 is 1.75 bits per heavy atom. The number of rotatable bonds is 5. The average Bonchev–Trinajstić information content (AvgIpc) is 2.16. The topological polar surface area (TPSA) is 43.1 Å². The summed E-state index contributed by atoms with van der Waals surface area (Å²) in [6, 6.07) is 7.82. The van der Waals surface area contributed by atoms with Crippen molar-refractivity contribution < 1.29 is 4.79 Å². The summed E-state index contributed by atoms with van der Waals surface area (Å²) in [5.74, 6) is 0.775. The number of carbonyl (C=O) groups excluding carboxylic acids is 1. The highest BCUT2D eigenvalue weighted by atomic mass is 16.1. The Kier molecular flexibility index (Phi) is 4.69. The van der Waals surface area contributed by atoms with Gasteiger partial charge in [0.1, 0.15) is 0 Å². The summed E-state index contributed by atoms with van der Waals surface area (Å²) < 4.78 is 0. The van der Waals surface area contributed by atoms with E-state index in [9.17, 15) is 4.79 Å². The first-order valence-electron chi connectivity index (χ1n) is 5.86. The van der Waals surface area contributed by atoms with Crippen molar-refractivity contribution in [2.75, 3.05) is 0 Å². The molecule has 0 aliphatic rings. The van der Waals surface area contributed by atoms with Crippen LogP contribution >= 0.6 is 0 Å². The Labute approximate surface area is 97.9 Å². The van der Waals surface area contributed by atoms with E-state index in [1.807, 2.05) is 31.2 Å². The third kappa shape index (κ3) is 4.15. The van der Waals surface area contributed by atoms with E-state index in [1.54, 1.807) is 0 Å². The number of Topliss-reactive ketones (excluding diaryl/α,β-unsaturated/α-hetero) is 1. The minimum Gasteiger partial charge on any atom is -0.328 e. The van der Waals surface area contributed by atoms with Gasteiger partial charge in [-0.2, -0.15) is 0 Å². The molecule has 0 spiro atoms. The lowest BCUT2D eigenvalue weighted by molar-refractivity contribution is 0.0976. The predicted molar refractivity (Wildman–Crippen MR) is 67.6 cm³/mol. The molecule has 2 N–H and O–H groups in total. The van der Waals surface area contributed by atoms with Crippen molar-refractivity contribution in [1.29, 1.82) is 0 Å². The van der Waals surface area contributed by atoms with E-state index in [4.69, 9.17) is 5.73 Å². The standard InChI is InChI=1S/C14H21NO/c1-10(2)8-12-4-6-13(7-5-12)14(16)9-11(3)15/h4-7,10-11H,8-9,15H2,1-3H3. The van der Waals surface area contributed by atoms with Crippen molar-refractivity contribution in [2.45, 2.75) is 39.7 Å². The molecule has 0 aromatic heterocycles. The summed E-state index contributed by atoms with van der Waals surface area (Å²) in [4.78, 5) is 11.7. The molecule has 0 amide bonds. The summed E-state index contributed by atoms with van der Waals surface area (Å²) in [6.45, 7) is 6.23. The first-order valence-corrected chi connectivity index (χ1v) is 5.86. The van der Waals surface area contributed by atoms with Crippen LogP contribution in [0.25, 0.3) is 0 Å². The quantitative estimate of drug-likeness (QED) is 0.774. The number of hydrogen-bond donors (Lipinski definition) is 1. The molecule has 1 unspecified atom stereocenters. The Balaban J connectivity index is 2.67. The Bertz CT molecular complexity index is 338. The molecule has 0 fully saturated rings. The second kappa shape index (κ2) is 5.80. The van der Waals surface area contributed by atoms with E-state index in [-0.39, 0.29) is 11.8 Å². The molecular formula is C14H21NO. The van der Waals surface area contributed by atoms with Crippen LogP contribution in [0, 0.1) is 5.92 Å². The van der Waals surface area contributed by atoms with E-state index in [2.05, 4.69) is 13.8 Å². The van der Waals surface area contributed by atoms with Gasteiger partial charge in [-0.25, -0.2) is 0 Å². The number of carbonyl (C=O) groups is 1. The number of nitrogens with two attached hydrogens (primary N) is 1. The van der Waals surface area contributed by atoms with Crippen LogP contribution in [-0.2, 0) is 6.42 Å². The van der Waals surface area contributed by atoms with Crippen molar-refractivity contribution in [3.63, 3.8) is 0 Å².